The molecule has 0 N–H and O–H groups in total. The van der Waals surface area contributed by atoms with Gasteiger partial charge in [0.25, 0.3) is 0 Å². The molecule has 1 aromatic carbocycles. The Morgan fingerprint density at radius 2 is 1.68 bits per heavy atom. The average molecular weight is 536 g/mol. The van der Waals surface area contributed by atoms with Crippen molar-refractivity contribution < 1.29 is 4.74 Å². The number of hydrogen-bond donors (Lipinski definition) is 0. The zero-order chi connectivity index (χ0) is 27.1. The molecule has 5 heterocycles. The maximum Gasteiger partial charge on any atom is 0.133 e. The molecule has 40 heavy (non-hydrogen) atoms. The van der Waals surface area contributed by atoms with Crippen LogP contribution in [-0.4, -0.2) is 77.1 Å². The summed E-state index contributed by atoms with van der Waals surface area (Å²) in [5.41, 5.74) is 9.99. The third kappa shape index (κ3) is 4.84. The number of morpholine rings is 1. The maximum atomic E-state index is 5.45. The van der Waals surface area contributed by atoms with E-state index in [-0.39, 0.29) is 0 Å². The van der Waals surface area contributed by atoms with Crippen molar-refractivity contribution in [1.29, 1.82) is 0 Å². The van der Waals surface area contributed by atoms with E-state index in [9.17, 15) is 0 Å². The first-order valence-corrected chi connectivity index (χ1v) is 13.9. The van der Waals surface area contributed by atoms with Crippen molar-refractivity contribution in [3.63, 3.8) is 0 Å². The summed E-state index contributed by atoms with van der Waals surface area (Å²) in [4.78, 5) is 12.3. The number of nitrogens with zero attached hydrogens (tertiary/aromatic N) is 9. The van der Waals surface area contributed by atoms with E-state index in [0.717, 1.165) is 103 Å². The highest BCUT2D eigenvalue weighted by Gasteiger charge is 2.27. The SMILES string of the molecule is Cn1cc(-c2ccc(-c3c4c(nn3C)CCc3cnc(Cc5cnn(CCN6CCOCC6)c5)nc3-4)cc2)cn1. The minimum Gasteiger partial charge on any atom is -0.379 e. The first kappa shape index (κ1) is 24.9. The number of benzene rings is 1. The maximum absolute atomic E-state index is 5.45. The second kappa shape index (κ2) is 10.4. The van der Waals surface area contributed by atoms with Gasteiger partial charge in [-0.2, -0.15) is 15.3 Å². The summed E-state index contributed by atoms with van der Waals surface area (Å²) < 4.78 is 11.3. The van der Waals surface area contributed by atoms with Crippen molar-refractivity contribution in [2.24, 2.45) is 14.1 Å². The molecule has 0 spiro atoms. The topological polar surface area (TPSA) is 91.7 Å². The van der Waals surface area contributed by atoms with E-state index >= 15 is 0 Å². The van der Waals surface area contributed by atoms with E-state index in [4.69, 9.17) is 19.8 Å². The molecule has 0 radical (unpaired) electrons. The van der Waals surface area contributed by atoms with Crippen LogP contribution in [0.2, 0.25) is 0 Å². The molecule has 1 aliphatic carbocycles. The van der Waals surface area contributed by atoms with Gasteiger partial charge in [0.05, 0.1) is 49.2 Å². The van der Waals surface area contributed by atoms with Crippen molar-refractivity contribution in [1.82, 2.24) is 44.2 Å². The summed E-state index contributed by atoms with van der Waals surface area (Å²) in [7, 11) is 3.96. The smallest absolute Gasteiger partial charge is 0.133 e. The lowest BCUT2D eigenvalue weighted by Crippen LogP contribution is -2.38. The van der Waals surface area contributed by atoms with Crippen LogP contribution in [0.25, 0.3) is 33.6 Å². The molecule has 4 aromatic heterocycles. The van der Waals surface area contributed by atoms with Crippen LogP contribution in [0.15, 0.2) is 55.2 Å². The van der Waals surface area contributed by atoms with Gasteiger partial charge in [-0.05, 0) is 29.5 Å². The van der Waals surface area contributed by atoms with Crippen molar-refractivity contribution in [3.8, 4) is 33.6 Å². The van der Waals surface area contributed by atoms with Gasteiger partial charge in [-0.15, -0.1) is 0 Å². The molecule has 5 aromatic rings. The molecule has 7 rings (SSSR count). The fraction of sp³-hybridized carbons (Fsp3) is 0.367. The van der Waals surface area contributed by atoms with Gasteiger partial charge in [-0.3, -0.25) is 18.9 Å². The highest BCUT2D eigenvalue weighted by molar-refractivity contribution is 5.84. The lowest BCUT2D eigenvalue weighted by atomic mass is 9.91. The third-order valence-electron chi connectivity index (χ3n) is 7.90. The van der Waals surface area contributed by atoms with Gasteiger partial charge in [0.2, 0.25) is 0 Å². The summed E-state index contributed by atoms with van der Waals surface area (Å²) in [6.45, 7) is 5.46. The van der Waals surface area contributed by atoms with Gasteiger partial charge < -0.3 is 4.74 Å². The summed E-state index contributed by atoms with van der Waals surface area (Å²) in [5, 5.41) is 13.8. The molecule has 2 aliphatic rings. The van der Waals surface area contributed by atoms with Crippen molar-refractivity contribution in [3.05, 3.63) is 77.9 Å². The zero-order valence-corrected chi connectivity index (χ0v) is 23.0. The second-order valence-electron chi connectivity index (χ2n) is 10.7. The highest BCUT2D eigenvalue weighted by Crippen LogP contribution is 2.39. The predicted octanol–water partition coefficient (Wildman–Crippen LogP) is 3.16. The average Bonchev–Trinajstić information content (AvgIpc) is 3.71. The van der Waals surface area contributed by atoms with Gasteiger partial charge in [0.15, 0.2) is 0 Å². The van der Waals surface area contributed by atoms with Crippen LogP contribution in [0, 0.1) is 0 Å². The first-order valence-electron chi connectivity index (χ1n) is 13.9. The van der Waals surface area contributed by atoms with Gasteiger partial charge in [0, 0.05) is 75.4 Å². The molecule has 0 unspecified atom stereocenters. The Morgan fingerprint density at radius 1 is 0.850 bits per heavy atom. The second-order valence-corrected chi connectivity index (χ2v) is 10.7. The molecule has 0 amide bonds. The molecule has 10 nitrogen and oxygen atoms in total. The Balaban J connectivity index is 1.14. The zero-order valence-electron chi connectivity index (χ0n) is 23.0. The van der Waals surface area contributed by atoms with E-state index in [2.05, 4.69) is 45.6 Å². The number of hydrogen-bond acceptors (Lipinski definition) is 7. The van der Waals surface area contributed by atoms with E-state index in [1.54, 1.807) is 0 Å². The standard InChI is InChI=1S/C30H33N9O/c1-36-20-25(18-32-36)22-3-5-23(6-4-22)30-28-26(35-37(30)2)8-7-24-17-31-27(34-29(24)28)15-21-16-33-39(19-21)10-9-38-11-13-40-14-12-38/h3-6,16-20H,7-15H2,1-2H3. The highest BCUT2D eigenvalue weighted by atomic mass is 16.5. The van der Waals surface area contributed by atoms with E-state index in [1.807, 2.05) is 52.9 Å². The van der Waals surface area contributed by atoms with Crippen LogP contribution in [0.3, 0.4) is 0 Å². The third-order valence-corrected chi connectivity index (χ3v) is 7.90. The molecule has 1 saturated heterocycles. The molecule has 10 heteroatoms. The molecule has 0 atom stereocenters. The Kier molecular flexibility index (Phi) is 6.49. The number of rotatable bonds is 7. The van der Waals surface area contributed by atoms with Gasteiger partial charge in [-0.25, -0.2) is 9.97 Å². The summed E-state index contributed by atoms with van der Waals surface area (Å²) in [5.74, 6) is 0.807. The number of aryl methyl sites for hydroxylation is 4. The van der Waals surface area contributed by atoms with Crippen molar-refractivity contribution in [2.75, 3.05) is 32.8 Å². The Hall–Kier alpha value is -4.15. The molecule has 1 aliphatic heterocycles. The number of aromatic nitrogens is 8. The van der Waals surface area contributed by atoms with Crippen LogP contribution >= 0.6 is 0 Å². The van der Waals surface area contributed by atoms with Crippen LogP contribution in [0.1, 0.15) is 22.6 Å². The molecular weight excluding hydrogens is 502 g/mol. The predicted molar refractivity (Wildman–Crippen MR) is 152 cm³/mol. The molecule has 1 fully saturated rings. The van der Waals surface area contributed by atoms with Crippen molar-refractivity contribution in [2.45, 2.75) is 25.8 Å². The first-order chi connectivity index (χ1) is 19.6. The van der Waals surface area contributed by atoms with Crippen LogP contribution < -0.4 is 0 Å². The molecule has 0 bridgehead atoms. The van der Waals surface area contributed by atoms with E-state index in [0.29, 0.717) is 6.42 Å². The number of ether oxygens (including phenoxy) is 1. The normalized spacial score (nSPS) is 15.2. The van der Waals surface area contributed by atoms with Crippen LogP contribution in [0.4, 0.5) is 0 Å². The fourth-order valence-corrected chi connectivity index (χ4v) is 5.78. The summed E-state index contributed by atoms with van der Waals surface area (Å²) >= 11 is 0. The summed E-state index contributed by atoms with van der Waals surface area (Å²) in [6.07, 6.45) is 12.4. The van der Waals surface area contributed by atoms with E-state index < -0.39 is 0 Å². The van der Waals surface area contributed by atoms with Gasteiger partial charge in [-0.1, -0.05) is 24.3 Å². The monoisotopic (exact) mass is 535 g/mol. The summed E-state index contributed by atoms with van der Waals surface area (Å²) in [6, 6.07) is 8.64. The number of fused-ring (bicyclic) bond motifs is 3. The quantitative estimate of drug-likeness (QED) is 0.316. The lowest BCUT2D eigenvalue weighted by molar-refractivity contribution is 0.0359. The molecule has 204 valence electrons. The van der Waals surface area contributed by atoms with Crippen LogP contribution in [-0.2, 0) is 44.6 Å². The van der Waals surface area contributed by atoms with Crippen LogP contribution in [0.5, 0.6) is 0 Å². The Morgan fingerprint density at radius 3 is 2.48 bits per heavy atom. The Labute approximate surface area is 233 Å². The van der Waals surface area contributed by atoms with Crippen molar-refractivity contribution >= 4 is 0 Å². The minimum atomic E-state index is 0.648. The van der Waals surface area contributed by atoms with Gasteiger partial charge >= 0.3 is 0 Å². The largest absolute Gasteiger partial charge is 0.379 e. The van der Waals surface area contributed by atoms with E-state index in [1.165, 1.54) is 5.56 Å². The lowest BCUT2D eigenvalue weighted by Gasteiger charge is -2.26. The molecule has 0 saturated carbocycles. The minimum absolute atomic E-state index is 0.648. The molecular formula is C30H33N9O. The van der Waals surface area contributed by atoms with Gasteiger partial charge in [0.1, 0.15) is 5.82 Å². The Bertz CT molecular complexity index is 1640. The fourth-order valence-electron chi connectivity index (χ4n) is 5.78.